The van der Waals surface area contributed by atoms with Gasteiger partial charge in [0.25, 0.3) is 0 Å². The molecule has 1 atom stereocenters. The molecule has 2 rings (SSSR count). The third-order valence-electron chi connectivity index (χ3n) is 3.86. The van der Waals surface area contributed by atoms with E-state index >= 15 is 0 Å². The van der Waals surface area contributed by atoms with E-state index in [0.717, 1.165) is 21.8 Å². The molecule has 2 aromatic rings. The highest BCUT2D eigenvalue weighted by molar-refractivity contribution is 7.80. The van der Waals surface area contributed by atoms with E-state index < -0.39 is 0 Å². The Morgan fingerprint density at radius 3 is 2.42 bits per heavy atom. The molecule has 0 bridgehead atoms. The fourth-order valence-corrected chi connectivity index (χ4v) is 3.04. The highest BCUT2D eigenvalue weighted by Crippen LogP contribution is 2.26. The van der Waals surface area contributed by atoms with Crippen LogP contribution < -0.4 is 10.6 Å². The van der Waals surface area contributed by atoms with Crippen molar-refractivity contribution in [3.8, 4) is 0 Å². The summed E-state index contributed by atoms with van der Waals surface area (Å²) in [6.07, 6.45) is 0. The molecule has 24 heavy (non-hydrogen) atoms. The Morgan fingerprint density at radius 2 is 1.75 bits per heavy atom. The first-order valence-electron chi connectivity index (χ1n) is 7.61. The van der Waals surface area contributed by atoms with Crippen molar-refractivity contribution < 1.29 is 0 Å². The Bertz CT molecular complexity index is 719. The maximum atomic E-state index is 6.33. The van der Waals surface area contributed by atoms with Gasteiger partial charge in [0.15, 0.2) is 5.11 Å². The number of benzene rings is 2. The number of thiocarbonyl (C=S) groups is 1. The summed E-state index contributed by atoms with van der Waals surface area (Å²) in [7, 11) is 4.04. The normalized spacial score (nSPS) is 12.1. The Kier molecular flexibility index (Phi) is 6.87. The second-order valence-corrected chi connectivity index (χ2v) is 6.97. The summed E-state index contributed by atoms with van der Waals surface area (Å²) >= 11 is 17.9. The standard InChI is InChI=1S/C18H21Cl2N3S/c1-12-14(19)9-6-10-16(12)22-18(24)21-11-17(23(2)3)13-7-4-5-8-15(13)20/h4-10,17H,11H2,1-3H3,(H2,21,22,24)/t17-/m1/s1. The monoisotopic (exact) mass is 381 g/mol. The third-order valence-corrected chi connectivity index (χ3v) is 4.86. The zero-order valence-corrected chi connectivity index (χ0v) is 16.3. The van der Waals surface area contributed by atoms with Crippen molar-refractivity contribution in [2.45, 2.75) is 13.0 Å². The second kappa shape index (κ2) is 8.67. The number of nitrogens with one attached hydrogen (secondary N) is 2. The Hall–Kier alpha value is -1.33. The largest absolute Gasteiger partial charge is 0.361 e. The van der Waals surface area contributed by atoms with Gasteiger partial charge in [-0.2, -0.15) is 0 Å². The van der Waals surface area contributed by atoms with E-state index in [1.807, 2.05) is 63.5 Å². The number of anilines is 1. The highest BCUT2D eigenvalue weighted by atomic mass is 35.5. The van der Waals surface area contributed by atoms with Crippen molar-refractivity contribution in [3.63, 3.8) is 0 Å². The number of hydrogen-bond donors (Lipinski definition) is 2. The zero-order chi connectivity index (χ0) is 17.7. The molecule has 0 aromatic heterocycles. The van der Waals surface area contributed by atoms with Gasteiger partial charge in [-0.1, -0.05) is 47.5 Å². The van der Waals surface area contributed by atoms with Crippen molar-refractivity contribution in [1.82, 2.24) is 10.2 Å². The molecule has 0 spiro atoms. The Labute approximate surface area is 159 Å². The minimum absolute atomic E-state index is 0.110. The number of hydrogen-bond acceptors (Lipinski definition) is 2. The van der Waals surface area contributed by atoms with Crippen molar-refractivity contribution >= 4 is 46.2 Å². The lowest BCUT2D eigenvalue weighted by Crippen LogP contribution is -2.37. The lowest BCUT2D eigenvalue weighted by molar-refractivity contribution is 0.299. The first-order chi connectivity index (χ1) is 11.4. The van der Waals surface area contributed by atoms with E-state index in [1.54, 1.807) is 0 Å². The van der Waals surface area contributed by atoms with Crippen LogP contribution in [0.4, 0.5) is 5.69 Å². The lowest BCUT2D eigenvalue weighted by atomic mass is 10.1. The van der Waals surface area contributed by atoms with Crippen LogP contribution in [0.5, 0.6) is 0 Å². The topological polar surface area (TPSA) is 27.3 Å². The molecule has 0 saturated heterocycles. The molecule has 6 heteroatoms. The average molecular weight is 382 g/mol. The van der Waals surface area contributed by atoms with E-state index in [4.69, 9.17) is 35.4 Å². The zero-order valence-electron chi connectivity index (χ0n) is 13.9. The third kappa shape index (κ3) is 4.84. The maximum Gasteiger partial charge on any atom is 0.170 e. The quantitative estimate of drug-likeness (QED) is 0.720. The van der Waals surface area contributed by atoms with Crippen LogP contribution in [0.3, 0.4) is 0 Å². The number of likely N-dealkylation sites (N-methyl/N-ethyl adjacent to an activating group) is 1. The summed E-state index contributed by atoms with van der Waals surface area (Å²) in [6.45, 7) is 2.60. The van der Waals surface area contributed by atoms with Crippen molar-refractivity contribution in [2.75, 3.05) is 26.0 Å². The van der Waals surface area contributed by atoms with Crippen LogP contribution in [-0.2, 0) is 0 Å². The Morgan fingerprint density at radius 1 is 1.08 bits per heavy atom. The predicted octanol–water partition coefficient (Wildman–Crippen LogP) is 4.89. The molecule has 3 nitrogen and oxygen atoms in total. The van der Waals surface area contributed by atoms with Crippen molar-refractivity contribution in [2.24, 2.45) is 0 Å². The van der Waals surface area contributed by atoms with Gasteiger partial charge in [-0.25, -0.2) is 0 Å². The highest BCUT2D eigenvalue weighted by Gasteiger charge is 2.17. The molecule has 128 valence electrons. The molecule has 0 fully saturated rings. The van der Waals surface area contributed by atoms with E-state index in [0.29, 0.717) is 16.7 Å². The van der Waals surface area contributed by atoms with E-state index in [-0.39, 0.29) is 6.04 Å². The average Bonchev–Trinajstić information content (AvgIpc) is 2.53. The Balaban J connectivity index is 2.03. The van der Waals surface area contributed by atoms with Gasteiger partial charge in [-0.05, 0) is 62.6 Å². The first-order valence-corrected chi connectivity index (χ1v) is 8.77. The summed E-state index contributed by atoms with van der Waals surface area (Å²) in [5.74, 6) is 0. The predicted molar refractivity (Wildman–Crippen MR) is 108 cm³/mol. The van der Waals surface area contributed by atoms with Gasteiger partial charge >= 0.3 is 0 Å². The van der Waals surface area contributed by atoms with Crippen LogP contribution in [0.15, 0.2) is 42.5 Å². The number of rotatable bonds is 5. The molecule has 2 aromatic carbocycles. The maximum absolute atomic E-state index is 6.33. The molecular weight excluding hydrogens is 361 g/mol. The minimum Gasteiger partial charge on any atom is -0.361 e. The molecule has 0 unspecified atom stereocenters. The molecule has 0 aliphatic heterocycles. The number of nitrogens with zero attached hydrogens (tertiary/aromatic N) is 1. The van der Waals surface area contributed by atoms with E-state index in [2.05, 4.69) is 15.5 Å². The molecule has 0 heterocycles. The van der Waals surface area contributed by atoms with Crippen molar-refractivity contribution in [1.29, 1.82) is 0 Å². The molecule has 0 amide bonds. The molecular formula is C18H21Cl2N3S. The van der Waals surface area contributed by atoms with Crippen LogP contribution in [-0.4, -0.2) is 30.7 Å². The van der Waals surface area contributed by atoms with Gasteiger partial charge in [-0.3, -0.25) is 0 Å². The van der Waals surface area contributed by atoms with E-state index in [1.165, 1.54) is 0 Å². The summed E-state index contributed by atoms with van der Waals surface area (Å²) in [6, 6.07) is 13.7. The van der Waals surface area contributed by atoms with Crippen LogP contribution in [0, 0.1) is 6.92 Å². The van der Waals surface area contributed by atoms with Crippen LogP contribution in [0.1, 0.15) is 17.2 Å². The smallest absolute Gasteiger partial charge is 0.170 e. The van der Waals surface area contributed by atoms with Gasteiger partial charge in [0.1, 0.15) is 0 Å². The molecule has 0 radical (unpaired) electrons. The summed E-state index contributed by atoms with van der Waals surface area (Å²) in [4.78, 5) is 2.11. The minimum atomic E-state index is 0.110. The molecule has 0 aliphatic carbocycles. The number of halogens is 2. The van der Waals surface area contributed by atoms with Gasteiger partial charge < -0.3 is 15.5 Å². The SMILES string of the molecule is Cc1c(Cl)cccc1NC(=S)NC[C@H](c1ccccc1Cl)N(C)C. The fourth-order valence-electron chi connectivity index (χ4n) is 2.41. The molecule has 0 aliphatic rings. The fraction of sp³-hybridized carbons (Fsp3) is 0.278. The van der Waals surface area contributed by atoms with Gasteiger partial charge in [-0.15, -0.1) is 0 Å². The van der Waals surface area contributed by atoms with Gasteiger partial charge in [0, 0.05) is 22.3 Å². The lowest BCUT2D eigenvalue weighted by Gasteiger charge is -2.26. The van der Waals surface area contributed by atoms with Crippen LogP contribution >= 0.6 is 35.4 Å². The van der Waals surface area contributed by atoms with Crippen LogP contribution in [0.25, 0.3) is 0 Å². The van der Waals surface area contributed by atoms with Crippen molar-refractivity contribution in [3.05, 3.63) is 63.6 Å². The summed E-state index contributed by atoms with van der Waals surface area (Å²) < 4.78 is 0. The van der Waals surface area contributed by atoms with Gasteiger partial charge in [0.05, 0.1) is 6.04 Å². The summed E-state index contributed by atoms with van der Waals surface area (Å²) in [5, 5.41) is 8.48. The van der Waals surface area contributed by atoms with Crippen LogP contribution in [0.2, 0.25) is 10.0 Å². The van der Waals surface area contributed by atoms with Gasteiger partial charge in [0.2, 0.25) is 0 Å². The first kappa shape index (κ1) is 19.0. The summed E-state index contributed by atoms with van der Waals surface area (Å²) in [5.41, 5.74) is 2.94. The molecule has 2 N–H and O–H groups in total. The second-order valence-electron chi connectivity index (χ2n) is 5.75. The van der Waals surface area contributed by atoms with E-state index in [9.17, 15) is 0 Å². The molecule has 0 saturated carbocycles.